The number of carbonyl (C=O) groups is 2. The first-order valence-corrected chi connectivity index (χ1v) is 10.6. The lowest BCUT2D eigenvalue weighted by Gasteiger charge is -2.01. The largest absolute Gasteiger partial charge is 0.462 e. The van der Waals surface area contributed by atoms with Crippen LogP contribution in [0, 0.1) is 0 Å². The Morgan fingerprint density at radius 2 is 1.93 bits per heavy atom. The monoisotopic (exact) mass is 415 g/mol. The summed E-state index contributed by atoms with van der Waals surface area (Å²) in [4.78, 5) is 34.1. The Balaban J connectivity index is 1.79. The first-order chi connectivity index (χ1) is 13.5. The van der Waals surface area contributed by atoms with E-state index in [0.29, 0.717) is 21.6 Å². The Labute approximate surface area is 171 Å². The summed E-state index contributed by atoms with van der Waals surface area (Å²) in [6.45, 7) is 6.16. The van der Waals surface area contributed by atoms with Gasteiger partial charge in [-0.2, -0.15) is 0 Å². The average Bonchev–Trinajstić information content (AvgIpc) is 3.30. The predicted octanol–water partition coefficient (Wildman–Crippen LogP) is 4.75. The molecule has 0 radical (unpaired) electrons. The van der Waals surface area contributed by atoms with Crippen molar-refractivity contribution in [3.8, 4) is 11.3 Å². The topological polar surface area (TPSA) is 81.2 Å². The second-order valence-electron chi connectivity index (χ2n) is 6.34. The van der Waals surface area contributed by atoms with Crippen LogP contribution in [0.25, 0.3) is 11.3 Å². The highest BCUT2D eigenvalue weighted by Gasteiger charge is 2.21. The van der Waals surface area contributed by atoms with Gasteiger partial charge in [0, 0.05) is 16.9 Å². The molecule has 28 heavy (non-hydrogen) atoms. The maximum absolute atomic E-state index is 12.4. The number of thiazole rings is 2. The smallest absolute Gasteiger partial charge is 0.350 e. The number of rotatable bonds is 7. The lowest BCUT2D eigenvalue weighted by molar-refractivity contribution is -0.115. The number of nitrogens with zero attached hydrogens (tertiary/aromatic N) is 2. The SMILES string of the molecule is CCOC(=O)c1sc(NC(=O)Cc2csc(C(C)C)n2)nc1-c1ccccc1. The van der Waals surface area contributed by atoms with Crippen LogP contribution in [0.3, 0.4) is 0 Å². The molecular weight excluding hydrogens is 394 g/mol. The Morgan fingerprint density at radius 3 is 2.57 bits per heavy atom. The van der Waals surface area contributed by atoms with E-state index in [-0.39, 0.29) is 18.9 Å². The summed E-state index contributed by atoms with van der Waals surface area (Å²) >= 11 is 2.67. The molecule has 0 spiro atoms. The quantitative estimate of drug-likeness (QED) is 0.563. The second kappa shape index (κ2) is 9.07. The highest BCUT2D eigenvalue weighted by atomic mass is 32.1. The molecule has 0 aliphatic heterocycles. The summed E-state index contributed by atoms with van der Waals surface area (Å²) in [7, 11) is 0. The van der Waals surface area contributed by atoms with Crippen LogP contribution in [0.4, 0.5) is 5.13 Å². The Kier molecular flexibility index (Phi) is 6.53. The van der Waals surface area contributed by atoms with E-state index in [1.807, 2.05) is 35.7 Å². The van der Waals surface area contributed by atoms with E-state index in [0.717, 1.165) is 27.6 Å². The number of nitrogens with one attached hydrogen (secondary N) is 1. The van der Waals surface area contributed by atoms with Gasteiger partial charge in [-0.15, -0.1) is 11.3 Å². The van der Waals surface area contributed by atoms with E-state index >= 15 is 0 Å². The molecule has 2 heterocycles. The third-order valence-corrected chi connectivity index (χ3v) is 5.93. The third-order valence-electron chi connectivity index (χ3n) is 3.79. The van der Waals surface area contributed by atoms with Crippen LogP contribution in [0.2, 0.25) is 0 Å². The van der Waals surface area contributed by atoms with Gasteiger partial charge in [0.1, 0.15) is 4.88 Å². The van der Waals surface area contributed by atoms with Crippen LogP contribution in [-0.4, -0.2) is 28.5 Å². The molecule has 0 saturated carbocycles. The van der Waals surface area contributed by atoms with Crippen LogP contribution in [0.1, 0.15) is 47.1 Å². The fourth-order valence-electron chi connectivity index (χ4n) is 2.50. The van der Waals surface area contributed by atoms with Crippen molar-refractivity contribution in [3.63, 3.8) is 0 Å². The van der Waals surface area contributed by atoms with Crippen LogP contribution < -0.4 is 5.32 Å². The van der Waals surface area contributed by atoms with Crippen LogP contribution in [0.5, 0.6) is 0 Å². The minimum Gasteiger partial charge on any atom is -0.462 e. The summed E-state index contributed by atoms with van der Waals surface area (Å²) in [5.74, 6) is -0.328. The van der Waals surface area contributed by atoms with Gasteiger partial charge in [0.15, 0.2) is 5.13 Å². The molecule has 0 unspecified atom stereocenters. The number of ether oxygens (including phenoxy) is 1. The van der Waals surface area contributed by atoms with Gasteiger partial charge < -0.3 is 10.1 Å². The van der Waals surface area contributed by atoms with Gasteiger partial charge in [-0.1, -0.05) is 55.5 Å². The van der Waals surface area contributed by atoms with Gasteiger partial charge in [0.05, 0.1) is 29.4 Å². The number of amides is 1. The van der Waals surface area contributed by atoms with Gasteiger partial charge in [-0.3, -0.25) is 4.79 Å². The summed E-state index contributed by atoms with van der Waals surface area (Å²) in [6.07, 6.45) is 0.165. The molecule has 0 atom stereocenters. The summed E-state index contributed by atoms with van der Waals surface area (Å²) in [6, 6.07) is 9.37. The molecule has 1 N–H and O–H groups in total. The number of hydrogen-bond donors (Lipinski definition) is 1. The number of benzene rings is 1. The first-order valence-electron chi connectivity index (χ1n) is 8.95. The van der Waals surface area contributed by atoms with Crippen LogP contribution in [0.15, 0.2) is 35.7 Å². The molecule has 0 aliphatic rings. The summed E-state index contributed by atoms with van der Waals surface area (Å²) < 4.78 is 5.14. The number of esters is 1. The lowest BCUT2D eigenvalue weighted by Crippen LogP contribution is -2.14. The van der Waals surface area contributed by atoms with Gasteiger partial charge in [-0.25, -0.2) is 14.8 Å². The molecule has 2 aromatic heterocycles. The Hall–Kier alpha value is -2.58. The fourth-order valence-corrected chi connectivity index (χ4v) is 4.23. The van der Waals surface area contributed by atoms with Crippen molar-refractivity contribution in [2.75, 3.05) is 11.9 Å². The minimum atomic E-state index is -0.444. The third kappa shape index (κ3) is 4.82. The molecule has 8 heteroatoms. The lowest BCUT2D eigenvalue weighted by atomic mass is 10.1. The Morgan fingerprint density at radius 1 is 1.18 bits per heavy atom. The normalized spacial score (nSPS) is 10.9. The highest BCUT2D eigenvalue weighted by Crippen LogP contribution is 2.32. The molecule has 0 saturated heterocycles. The number of hydrogen-bond acceptors (Lipinski definition) is 7. The molecule has 3 aromatic rings. The van der Waals surface area contributed by atoms with E-state index in [1.54, 1.807) is 18.3 Å². The van der Waals surface area contributed by atoms with Crippen molar-refractivity contribution in [2.45, 2.75) is 33.1 Å². The summed E-state index contributed by atoms with van der Waals surface area (Å²) in [5.41, 5.74) is 2.04. The number of aromatic nitrogens is 2. The molecular formula is C20H21N3O3S2. The van der Waals surface area contributed by atoms with Crippen molar-refractivity contribution in [1.29, 1.82) is 0 Å². The molecule has 1 aromatic carbocycles. The average molecular weight is 416 g/mol. The summed E-state index contributed by atoms with van der Waals surface area (Å²) in [5, 5.41) is 6.06. The zero-order valence-corrected chi connectivity index (χ0v) is 17.5. The second-order valence-corrected chi connectivity index (χ2v) is 8.23. The van der Waals surface area contributed by atoms with Gasteiger partial charge >= 0.3 is 5.97 Å². The molecule has 1 amide bonds. The zero-order chi connectivity index (χ0) is 20.1. The molecule has 0 bridgehead atoms. The molecule has 146 valence electrons. The fraction of sp³-hybridized carbons (Fsp3) is 0.300. The maximum atomic E-state index is 12.4. The van der Waals surface area contributed by atoms with Crippen molar-refractivity contribution in [3.05, 3.63) is 51.3 Å². The van der Waals surface area contributed by atoms with Crippen molar-refractivity contribution in [2.24, 2.45) is 0 Å². The molecule has 0 aliphatic carbocycles. The van der Waals surface area contributed by atoms with Crippen molar-refractivity contribution < 1.29 is 14.3 Å². The zero-order valence-electron chi connectivity index (χ0n) is 15.9. The van der Waals surface area contributed by atoms with Crippen LogP contribution in [-0.2, 0) is 16.0 Å². The Bertz CT molecular complexity index is 964. The van der Waals surface area contributed by atoms with Crippen LogP contribution >= 0.6 is 22.7 Å². The van der Waals surface area contributed by atoms with Gasteiger partial charge in [-0.05, 0) is 6.92 Å². The van der Waals surface area contributed by atoms with E-state index in [9.17, 15) is 9.59 Å². The predicted molar refractivity (Wildman–Crippen MR) is 112 cm³/mol. The van der Waals surface area contributed by atoms with Gasteiger partial charge in [0.2, 0.25) is 5.91 Å². The highest BCUT2D eigenvalue weighted by molar-refractivity contribution is 7.18. The molecule has 6 nitrogen and oxygen atoms in total. The maximum Gasteiger partial charge on any atom is 0.350 e. The first kappa shape index (κ1) is 20.2. The van der Waals surface area contributed by atoms with E-state index in [2.05, 4.69) is 29.1 Å². The van der Waals surface area contributed by atoms with E-state index < -0.39 is 5.97 Å². The molecule has 3 rings (SSSR count). The number of anilines is 1. The van der Waals surface area contributed by atoms with Gasteiger partial charge in [0.25, 0.3) is 0 Å². The van der Waals surface area contributed by atoms with E-state index in [1.165, 1.54) is 0 Å². The van der Waals surface area contributed by atoms with Crippen molar-refractivity contribution in [1.82, 2.24) is 9.97 Å². The molecule has 0 fully saturated rings. The standard InChI is InChI=1S/C20H21N3O3S2/c1-4-26-19(25)17-16(13-8-6-5-7-9-13)23-20(28-17)22-15(24)10-14-11-27-18(21-14)12(2)3/h5-9,11-12H,4,10H2,1-3H3,(H,22,23,24). The minimum absolute atomic E-state index is 0.165. The van der Waals surface area contributed by atoms with Crippen molar-refractivity contribution >= 4 is 39.7 Å². The van der Waals surface area contributed by atoms with E-state index in [4.69, 9.17) is 4.74 Å². The number of carbonyl (C=O) groups excluding carboxylic acids is 2.